The molecule has 1 heterocycles. The second-order valence-electron chi connectivity index (χ2n) is 7.80. The summed E-state index contributed by atoms with van der Waals surface area (Å²) >= 11 is 6.35. The quantitative estimate of drug-likeness (QED) is 0.513. The molecule has 2 nitrogen and oxygen atoms in total. The van der Waals surface area contributed by atoms with Gasteiger partial charge >= 0.3 is 0 Å². The predicted molar refractivity (Wildman–Crippen MR) is 111 cm³/mol. The largest absolute Gasteiger partial charge is 0.319 e. The van der Waals surface area contributed by atoms with Crippen LogP contribution in [0.5, 0.6) is 0 Å². The first kappa shape index (κ1) is 17.5. The SMILES string of the molecule is CC1(C)c2cc(-c3ncccc3Cl)ccc2-c2ccc(P(C)(C)=O)cc21. The zero-order chi connectivity index (χ0) is 18.7. The van der Waals surface area contributed by atoms with Crippen molar-refractivity contribution in [3.8, 4) is 22.4 Å². The van der Waals surface area contributed by atoms with E-state index in [0.29, 0.717) is 5.02 Å². The highest BCUT2D eigenvalue weighted by Gasteiger charge is 2.36. The van der Waals surface area contributed by atoms with Crippen molar-refractivity contribution in [2.24, 2.45) is 0 Å². The fourth-order valence-electron chi connectivity index (χ4n) is 3.81. The van der Waals surface area contributed by atoms with Crippen LogP contribution in [0.4, 0.5) is 0 Å². The maximum absolute atomic E-state index is 12.6. The third kappa shape index (κ3) is 2.64. The number of benzene rings is 2. The molecule has 0 spiro atoms. The Morgan fingerprint density at radius 1 is 0.962 bits per heavy atom. The molecule has 4 rings (SSSR count). The van der Waals surface area contributed by atoms with Crippen LogP contribution in [-0.4, -0.2) is 18.3 Å². The molecule has 1 aliphatic carbocycles. The number of fused-ring (bicyclic) bond motifs is 3. The van der Waals surface area contributed by atoms with E-state index >= 15 is 0 Å². The van der Waals surface area contributed by atoms with Crippen LogP contribution in [0.1, 0.15) is 25.0 Å². The summed E-state index contributed by atoms with van der Waals surface area (Å²) in [7, 11) is -2.29. The molecule has 0 bridgehead atoms. The molecule has 26 heavy (non-hydrogen) atoms. The van der Waals surface area contributed by atoms with E-state index in [9.17, 15) is 4.57 Å². The Labute approximate surface area is 159 Å². The molecule has 0 saturated heterocycles. The summed E-state index contributed by atoms with van der Waals surface area (Å²) in [5, 5.41) is 1.59. The molecule has 0 fully saturated rings. The van der Waals surface area contributed by atoms with Gasteiger partial charge in [-0.15, -0.1) is 0 Å². The molecule has 0 atom stereocenters. The van der Waals surface area contributed by atoms with Crippen LogP contribution in [0.25, 0.3) is 22.4 Å². The van der Waals surface area contributed by atoms with Crippen LogP contribution in [0, 0.1) is 0 Å². The molecule has 3 aromatic rings. The molecular formula is C22H21ClNOP. The summed E-state index contributed by atoms with van der Waals surface area (Å²) in [4.78, 5) is 4.45. The molecule has 0 aliphatic heterocycles. The summed E-state index contributed by atoms with van der Waals surface area (Å²) in [6, 6.07) is 16.4. The third-order valence-electron chi connectivity index (χ3n) is 5.31. The zero-order valence-corrected chi connectivity index (χ0v) is 17.0. The zero-order valence-electron chi connectivity index (χ0n) is 15.4. The minimum absolute atomic E-state index is 0.160. The van der Waals surface area contributed by atoms with Crippen molar-refractivity contribution in [3.63, 3.8) is 0 Å². The predicted octanol–water partition coefficient (Wildman–Crippen LogP) is 5.96. The van der Waals surface area contributed by atoms with E-state index in [1.165, 1.54) is 22.3 Å². The fourth-order valence-corrected chi connectivity index (χ4v) is 4.91. The Balaban J connectivity index is 1.91. The van der Waals surface area contributed by atoms with Crippen LogP contribution in [0.3, 0.4) is 0 Å². The number of hydrogen-bond donors (Lipinski definition) is 0. The van der Waals surface area contributed by atoms with Gasteiger partial charge in [-0.25, -0.2) is 0 Å². The lowest BCUT2D eigenvalue weighted by Crippen LogP contribution is -2.17. The van der Waals surface area contributed by atoms with E-state index in [1.807, 2.05) is 31.5 Å². The van der Waals surface area contributed by atoms with Crippen molar-refractivity contribution in [2.75, 3.05) is 13.3 Å². The van der Waals surface area contributed by atoms with Gasteiger partial charge in [-0.2, -0.15) is 0 Å². The smallest absolute Gasteiger partial charge is 0.109 e. The maximum atomic E-state index is 12.6. The van der Waals surface area contributed by atoms with Crippen molar-refractivity contribution in [1.82, 2.24) is 4.98 Å². The van der Waals surface area contributed by atoms with E-state index in [2.05, 4.69) is 49.2 Å². The van der Waals surface area contributed by atoms with Gasteiger partial charge in [0, 0.05) is 22.5 Å². The molecule has 4 heteroatoms. The van der Waals surface area contributed by atoms with Crippen molar-refractivity contribution in [1.29, 1.82) is 0 Å². The topological polar surface area (TPSA) is 30.0 Å². The summed E-state index contributed by atoms with van der Waals surface area (Å²) < 4.78 is 12.6. The van der Waals surface area contributed by atoms with Crippen molar-refractivity contribution in [2.45, 2.75) is 19.3 Å². The van der Waals surface area contributed by atoms with E-state index in [1.54, 1.807) is 6.20 Å². The normalized spacial score (nSPS) is 14.8. The summed E-state index contributed by atoms with van der Waals surface area (Å²) in [6.45, 7) is 8.10. The lowest BCUT2D eigenvalue weighted by Gasteiger charge is -2.23. The monoisotopic (exact) mass is 381 g/mol. The number of rotatable bonds is 2. The number of nitrogens with zero attached hydrogens (tertiary/aromatic N) is 1. The Morgan fingerprint density at radius 2 is 1.62 bits per heavy atom. The van der Waals surface area contributed by atoms with E-state index in [0.717, 1.165) is 16.6 Å². The van der Waals surface area contributed by atoms with E-state index < -0.39 is 7.14 Å². The lowest BCUT2D eigenvalue weighted by molar-refractivity contribution is 0.588. The molecule has 2 aromatic carbocycles. The third-order valence-corrected chi connectivity index (χ3v) is 7.14. The average Bonchev–Trinajstić information content (AvgIpc) is 2.82. The second-order valence-corrected chi connectivity index (χ2v) is 11.4. The van der Waals surface area contributed by atoms with Gasteiger partial charge in [-0.05, 0) is 59.8 Å². The molecule has 0 amide bonds. The van der Waals surface area contributed by atoms with Crippen molar-refractivity contribution in [3.05, 3.63) is 70.9 Å². The van der Waals surface area contributed by atoms with Crippen molar-refractivity contribution < 1.29 is 4.57 Å². The van der Waals surface area contributed by atoms with Gasteiger partial charge in [0.05, 0.1) is 10.7 Å². The molecule has 0 saturated carbocycles. The number of hydrogen-bond acceptors (Lipinski definition) is 2. The Morgan fingerprint density at radius 3 is 2.27 bits per heavy atom. The summed E-state index contributed by atoms with van der Waals surface area (Å²) in [5.41, 5.74) is 6.61. The maximum Gasteiger partial charge on any atom is 0.109 e. The fraction of sp³-hybridized carbons (Fsp3) is 0.227. The summed E-state index contributed by atoms with van der Waals surface area (Å²) in [5.74, 6) is 0. The number of halogens is 1. The van der Waals surface area contributed by atoms with Gasteiger partial charge in [0.15, 0.2) is 0 Å². The van der Waals surface area contributed by atoms with Crippen molar-refractivity contribution >= 4 is 24.0 Å². The van der Waals surface area contributed by atoms with Gasteiger partial charge in [0.1, 0.15) is 7.14 Å². The van der Waals surface area contributed by atoms with E-state index in [-0.39, 0.29) is 5.41 Å². The minimum atomic E-state index is -2.29. The van der Waals surface area contributed by atoms with Crippen LogP contribution in [0.2, 0.25) is 5.02 Å². The first-order valence-electron chi connectivity index (χ1n) is 8.65. The lowest BCUT2D eigenvalue weighted by atomic mass is 9.82. The van der Waals surface area contributed by atoms with Crippen LogP contribution in [0.15, 0.2) is 54.7 Å². The highest BCUT2D eigenvalue weighted by Crippen LogP contribution is 2.50. The molecule has 1 aromatic heterocycles. The number of aromatic nitrogens is 1. The van der Waals surface area contributed by atoms with Crippen LogP contribution in [-0.2, 0) is 9.98 Å². The molecular weight excluding hydrogens is 361 g/mol. The van der Waals surface area contributed by atoms with Crippen LogP contribution >= 0.6 is 18.7 Å². The second kappa shape index (κ2) is 5.81. The summed E-state index contributed by atoms with van der Waals surface area (Å²) in [6.07, 6.45) is 1.76. The van der Waals surface area contributed by atoms with Gasteiger partial charge < -0.3 is 4.57 Å². The van der Waals surface area contributed by atoms with Gasteiger partial charge in [0.25, 0.3) is 0 Å². The Hall–Kier alpha value is -1.89. The van der Waals surface area contributed by atoms with Crippen LogP contribution < -0.4 is 5.30 Å². The first-order chi connectivity index (χ1) is 12.2. The van der Waals surface area contributed by atoms with E-state index in [4.69, 9.17) is 11.6 Å². The minimum Gasteiger partial charge on any atom is -0.319 e. The molecule has 0 radical (unpaired) electrons. The Bertz CT molecular complexity index is 1080. The highest BCUT2D eigenvalue weighted by molar-refractivity contribution is 7.70. The molecule has 0 N–H and O–H groups in total. The van der Waals surface area contributed by atoms with Gasteiger partial charge in [-0.1, -0.05) is 49.7 Å². The molecule has 132 valence electrons. The number of pyridine rings is 1. The highest BCUT2D eigenvalue weighted by atomic mass is 35.5. The van der Waals surface area contributed by atoms with Gasteiger partial charge in [-0.3, -0.25) is 4.98 Å². The van der Waals surface area contributed by atoms with Gasteiger partial charge in [0.2, 0.25) is 0 Å². The standard InChI is InChI=1S/C22H21ClNOP/c1-22(2)18-12-14(21-20(23)6-5-11-24-21)7-9-16(18)17-10-8-15(13-19(17)22)26(3,4)25/h5-13H,1-4H3. The average molecular weight is 382 g/mol. The molecule has 0 unspecified atom stereocenters. The Kier molecular flexibility index (Phi) is 3.91. The molecule has 1 aliphatic rings. The first-order valence-corrected chi connectivity index (χ1v) is 11.6.